The van der Waals surface area contributed by atoms with Gasteiger partial charge in [0.15, 0.2) is 0 Å². The minimum atomic E-state index is -0.0808. The highest BCUT2D eigenvalue weighted by molar-refractivity contribution is 5.85. The third-order valence-electron chi connectivity index (χ3n) is 1.70. The average molecular weight is 224 g/mol. The van der Waals surface area contributed by atoms with E-state index >= 15 is 0 Å². The molecule has 0 bridgehead atoms. The Balaban J connectivity index is 0. The van der Waals surface area contributed by atoms with Crippen molar-refractivity contribution < 1.29 is 9.53 Å². The molecule has 0 fully saturated rings. The van der Waals surface area contributed by atoms with Crippen LogP contribution in [0.2, 0.25) is 0 Å². The van der Waals surface area contributed by atoms with Crippen LogP contribution < -0.4 is 5.73 Å². The summed E-state index contributed by atoms with van der Waals surface area (Å²) in [5.74, 6) is -0.0808. The van der Waals surface area contributed by atoms with Crippen LogP contribution in [-0.2, 0) is 9.53 Å². The standard InChI is InChI=1S/C10H21NO2.ClH/c1-9(2)13-10(12)7-5-3-4-6-8-11;/h9H,3-8,11H2,1-2H3;1H. The minimum absolute atomic E-state index is 0. The van der Waals surface area contributed by atoms with Crippen LogP contribution in [0.5, 0.6) is 0 Å². The Bertz CT molecular complexity index is 140. The molecule has 0 unspecified atom stereocenters. The molecule has 3 nitrogen and oxygen atoms in total. The van der Waals surface area contributed by atoms with Gasteiger partial charge in [-0.05, 0) is 33.2 Å². The summed E-state index contributed by atoms with van der Waals surface area (Å²) >= 11 is 0. The van der Waals surface area contributed by atoms with E-state index in [-0.39, 0.29) is 24.5 Å². The predicted molar refractivity (Wildman–Crippen MR) is 60.6 cm³/mol. The summed E-state index contributed by atoms with van der Waals surface area (Å²) in [7, 11) is 0. The summed E-state index contributed by atoms with van der Waals surface area (Å²) in [6.07, 6.45) is 4.72. The third kappa shape index (κ3) is 11.7. The highest BCUT2D eigenvalue weighted by Crippen LogP contribution is 2.04. The number of unbranched alkanes of at least 4 members (excludes halogenated alkanes) is 3. The van der Waals surface area contributed by atoms with Crippen molar-refractivity contribution in [1.29, 1.82) is 0 Å². The quantitative estimate of drug-likeness (QED) is 0.532. The van der Waals surface area contributed by atoms with E-state index < -0.39 is 0 Å². The molecule has 0 aliphatic carbocycles. The number of rotatable bonds is 7. The highest BCUT2D eigenvalue weighted by atomic mass is 35.5. The molecule has 0 rings (SSSR count). The van der Waals surface area contributed by atoms with Crippen LogP contribution in [0.25, 0.3) is 0 Å². The van der Waals surface area contributed by atoms with Crippen molar-refractivity contribution in [2.75, 3.05) is 6.54 Å². The topological polar surface area (TPSA) is 52.3 Å². The zero-order valence-electron chi connectivity index (χ0n) is 9.12. The van der Waals surface area contributed by atoms with Crippen molar-refractivity contribution in [3.63, 3.8) is 0 Å². The number of carbonyl (C=O) groups is 1. The Morgan fingerprint density at radius 1 is 1.21 bits per heavy atom. The lowest BCUT2D eigenvalue weighted by molar-refractivity contribution is -0.147. The van der Waals surface area contributed by atoms with Crippen LogP contribution >= 0.6 is 12.4 Å². The van der Waals surface area contributed by atoms with Crippen molar-refractivity contribution >= 4 is 18.4 Å². The lowest BCUT2D eigenvalue weighted by Crippen LogP contribution is -2.10. The van der Waals surface area contributed by atoms with Gasteiger partial charge in [0.1, 0.15) is 0 Å². The first kappa shape index (κ1) is 16.2. The van der Waals surface area contributed by atoms with Crippen molar-refractivity contribution in [1.82, 2.24) is 0 Å². The van der Waals surface area contributed by atoms with Crippen molar-refractivity contribution in [3.8, 4) is 0 Å². The minimum Gasteiger partial charge on any atom is -0.463 e. The van der Waals surface area contributed by atoms with Gasteiger partial charge in [-0.15, -0.1) is 12.4 Å². The molecule has 0 aromatic rings. The predicted octanol–water partition coefficient (Wildman–Crippen LogP) is 2.27. The fourth-order valence-corrected chi connectivity index (χ4v) is 1.09. The van der Waals surface area contributed by atoms with Gasteiger partial charge in [0.05, 0.1) is 6.10 Å². The maximum atomic E-state index is 11.0. The van der Waals surface area contributed by atoms with E-state index in [1.54, 1.807) is 0 Å². The molecule has 0 aromatic carbocycles. The van der Waals surface area contributed by atoms with Gasteiger partial charge in [-0.2, -0.15) is 0 Å². The maximum absolute atomic E-state index is 11.0. The molecule has 0 amide bonds. The second-order valence-electron chi connectivity index (χ2n) is 3.49. The van der Waals surface area contributed by atoms with E-state index in [4.69, 9.17) is 10.5 Å². The summed E-state index contributed by atoms with van der Waals surface area (Å²) in [6, 6.07) is 0. The van der Waals surface area contributed by atoms with Crippen LogP contribution in [0.1, 0.15) is 46.0 Å². The summed E-state index contributed by atoms with van der Waals surface area (Å²) in [5.41, 5.74) is 5.34. The first-order valence-electron chi connectivity index (χ1n) is 5.06. The summed E-state index contributed by atoms with van der Waals surface area (Å²) < 4.78 is 4.99. The number of hydrogen-bond donors (Lipinski definition) is 1. The molecule has 4 heteroatoms. The van der Waals surface area contributed by atoms with Crippen molar-refractivity contribution in [3.05, 3.63) is 0 Å². The molecule has 14 heavy (non-hydrogen) atoms. The number of nitrogens with two attached hydrogens (primary N) is 1. The lowest BCUT2D eigenvalue weighted by Gasteiger charge is -2.07. The van der Waals surface area contributed by atoms with Gasteiger partial charge >= 0.3 is 5.97 Å². The molecule has 0 heterocycles. The Hall–Kier alpha value is -0.280. The van der Waals surface area contributed by atoms with Gasteiger partial charge in [-0.1, -0.05) is 12.8 Å². The monoisotopic (exact) mass is 223 g/mol. The summed E-state index contributed by atoms with van der Waals surface area (Å²) in [6.45, 7) is 4.48. The van der Waals surface area contributed by atoms with Crippen LogP contribution in [0.4, 0.5) is 0 Å². The van der Waals surface area contributed by atoms with Crippen molar-refractivity contribution in [2.24, 2.45) is 5.73 Å². The van der Waals surface area contributed by atoms with E-state index in [2.05, 4.69) is 0 Å². The Morgan fingerprint density at radius 2 is 1.79 bits per heavy atom. The number of hydrogen-bond acceptors (Lipinski definition) is 3. The van der Waals surface area contributed by atoms with Crippen molar-refractivity contribution in [2.45, 2.75) is 52.1 Å². The van der Waals surface area contributed by atoms with Crippen LogP contribution in [-0.4, -0.2) is 18.6 Å². The first-order chi connectivity index (χ1) is 6.16. The molecule has 0 aliphatic rings. The van der Waals surface area contributed by atoms with E-state index in [1.165, 1.54) is 0 Å². The van der Waals surface area contributed by atoms with Crippen LogP contribution in [0, 0.1) is 0 Å². The number of ether oxygens (including phenoxy) is 1. The zero-order valence-corrected chi connectivity index (χ0v) is 9.94. The molecule has 0 atom stereocenters. The highest BCUT2D eigenvalue weighted by Gasteiger charge is 2.03. The molecular formula is C10H22ClNO2. The number of carbonyl (C=O) groups excluding carboxylic acids is 1. The fourth-order valence-electron chi connectivity index (χ4n) is 1.09. The van der Waals surface area contributed by atoms with Crippen LogP contribution in [0.3, 0.4) is 0 Å². The molecule has 0 saturated carbocycles. The molecule has 0 aliphatic heterocycles. The molecule has 86 valence electrons. The van der Waals surface area contributed by atoms with Gasteiger partial charge in [0, 0.05) is 6.42 Å². The average Bonchev–Trinajstić information content (AvgIpc) is 2.02. The molecule has 0 aromatic heterocycles. The largest absolute Gasteiger partial charge is 0.463 e. The molecule has 0 spiro atoms. The van der Waals surface area contributed by atoms with Gasteiger partial charge in [0.25, 0.3) is 0 Å². The van der Waals surface area contributed by atoms with Gasteiger partial charge < -0.3 is 10.5 Å². The zero-order chi connectivity index (χ0) is 10.1. The van der Waals surface area contributed by atoms with E-state index in [0.717, 1.165) is 32.2 Å². The Labute approximate surface area is 92.8 Å². The molecule has 0 radical (unpaired) electrons. The third-order valence-corrected chi connectivity index (χ3v) is 1.70. The fraction of sp³-hybridized carbons (Fsp3) is 0.900. The Morgan fingerprint density at radius 3 is 2.29 bits per heavy atom. The van der Waals surface area contributed by atoms with E-state index in [9.17, 15) is 4.79 Å². The number of halogens is 1. The maximum Gasteiger partial charge on any atom is 0.306 e. The summed E-state index contributed by atoms with van der Waals surface area (Å²) in [5, 5.41) is 0. The smallest absolute Gasteiger partial charge is 0.306 e. The van der Waals surface area contributed by atoms with Gasteiger partial charge in [0.2, 0.25) is 0 Å². The first-order valence-corrected chi connectivity index (χ1v) is 5.06. The normalized spacial score (nSPS) is 9.71. The SMILES string of the molecule is CC(C)OC(=O)CCCCCCN.Cl. The lowest BCUT2D eigenvalue weighted by atomic mass is 10.1. The molecule has 0 saturated heterocycles. The van der Waals surface area contributed by atoms with E-state index in [1.807, 2.05) is 13.8 Å². The van der Waals surface area contributed by atoms with E-state index in [0.29, 0.717) is 6.42 Å². The Kier molecular flexibility index (Phi) is 12.5. The summed E-state index contributed by atoms with van der Waals surface area (Å²) in [4.78, 5) is 11.0. The molecule has 2 N–H and O–H groups in total. The van der Waals surface area contributed by atoms with Gasteiger partial charge in [-0.25, -0.2) is 0 Å². The van der Waals surface area contributed by atoms with Gasteiger partial charge in [-0.3, -0.25) is 4.79 Å². The molecular weight excluding hydrogens is 202 g/mol. The van der Waals surface area contributed by atoms with Crippen LogP contribution in [0.15, 0.2) is 0 Å². The number of esters is 1. The second kappa shape index (κ2) is 10.8. The second-order valence-corrected chi connectivity index (χ2v) is 3.49.